The molecule has 0 bridgehead atoms. The number of methoxy groups -OCH3 is 1. The molecule has 18 heavy (non-hydrogen) atoms. The molecule has 0 heterocycles. The summed E-state index contributed by atoms with van der Waals surface area (Å²) in [6, 6.07) is 14.4. The van der Waals surface area contributed by atoms with Gasteiger partial charge in [-0.1, -0.05) is 24.3 Å². The van der Waals surface area contributed by atoms with Crippen molar-refractivity contribution in [2.75, 3.05) is 12.4 Å². The molecule has 0 aliphatic carbocycles. The molecule has 0 radical (unpaired) electrons. The van der Waals surface area contributed by atoms with Crippen molar-refractivity contribution >= 4 is 5.69 Å². The first-order valence-corrected chi connectivity index (χ1v) is 5.85. The van der Waals surface area contributed by atoms with Crippen LogP contribution in [0.15, 0.2) is 48.5 Å². The van der Waals surface area contributed by atoms with Crippen LogP contribution in [-0.4, -0.2) is 7.11 Å². The molecule has 0 aliphatic heterocycles. The smallest absolute Gasteiger partial charge is 0.146 e. The van der Waals surface area contributed by atoms with E-state index in [2.05, 4.69) is 5.32 Å². The molecule has 1 unspecified atom stereocenters. The summed E-state index contributed by atoms with van der Waals surface area (Å²) < 4.78 is 18.7. The lowest BCUT2D eigenvalue weighted by atomic mass is 10.1. The summed E-state index contributed by atoms with van der Waals surface area (Å²) in [6.07, 6.45) is 0. The van der Waals surface area contributed by atoms with Gasteiger partial charge < -0.3 is 10.1 Å². The van der Waals surface area contributed by atoms with Crippen molar-refractivity contribution in [3.8, 4) is 5.75 Å². The monoisotopic (exact) mass is 245 g/mol. The van der Waals surface area contributed by atoms with Gasteiger partial charge in [-0.15, -0.1) is 0 Å². The summed E-state index contributed by atoms with van der Waals surface area (Å²) in [6.45, 7) is 1.99. The maximum absolute atomic E-state index is 13.5. The van der Waals surface area contributed by atoms with Gasteiger partial charge in [0, 0.05) is 6.04 Å². The summed E-state index contributed by atoms with van der Waals surface area (Å²) in [7, 11) is 1.63. The number of anilines is 1. The predicted octanol–water partition coefficient (Wildman–Crippen LogP) is 4.01. The minimum Gasteiger partial charge on any atom is -0.497 e. The van der Waals surface area contributed by atoms with Gasteiger partial charge in [0.1, 0.15) is 11.6 Å². The quantitative estimate of drug-likeness (QED) is 0.878. The number of benzene rings is 2. The van der Waals surface area contributed by atoms with Crippen LogP contribution in [0.1, 0.15) is 18.5 Å². The summed E-state index contributed by atoms with van der Waals surface area (Å²) in [5, 5.41) is 3.15. The standard InChI is InChI=1S/C15H16FNO/c1-11(12-6-5-7-13(10-12)18-2)17-15-9-4-3-8-14(15)16/h3-11,17H,1-2H3. The van der Waals surface area contributed by atoms with Crippen LogP contribution in [0, 0.1) is 5.82 Å². The molecule has 0 saturated heterocycles. The van der Waals surface area contributed by atoms with Crippen LogP contribution in [-0.2, 0) is 0 Å². The zero-order valence-electron chi connectivity index (χ0n) is 10.5. The molecule has 2 rings (SSSR count). The van der Waals surface area contributed by atoms with Gasteiger partial charge in [0.15, 0.2) is 0 Å². The second-order valence-electron chi connectivity index (χ2n) is 4.12. The minimum atomic E-state index is -0.243. The van der Waals surface area contributed by atoms with Gasteiger partial charge in [0.05, 0.1) is 12.8 Å². The van der Waals surface area contributed by atoms with Crippen LogP contribution < -0.4 is 10.1 Å². The molecule has 94 valence electrons. The van der Waals surface area contributed by atoms with Gasteiger partial charge in [-0.2, -0.15) is 0 Å². The first-order valence-electron chi connectivity index (χ1n) is 5.85. The van der Waals surface area contributed by atoms with Crippen molar-refractivity contribution in [3.63, 3.8) is 0 Å². The van der Waals surface area contributed by atoms with Crippen molar-refractivity contribution in [1.82, 2.24) is 0 Å². The third-order valence-corrected chi connectivity index (χ3v) is 2.84. The second-order valence-corrected chi connectivity index (χ2v) is 4.12. The van der Waals surface area contributed by atoms with E-state index >= 15 is 0 Å². The highest BCUT2D eigenvalue weighted by molar-refractivity contribution is 5.47. The van der Waals surface area contributed by atoms with E-state index in [1.165, 1.54) is 6.07 Å². The number of hydrogen-bond donors (Lipinski definition) is 1. The zero-order valence-corrected chi connectivity index (χ0v) is 10.5. The van der Waals surface area contributed by atoms with Crippen molar-refractivity contribution < 1.29 is 9.13 Å². The topological polar surface area (TPSA) is 21.3 Å². The fourth-order valence-electron chi connectivity index (χ4n) is 1.81. The van der Waals surface area contributed by atoms with Crippen LogP contribution in [0.25, 0.3) is 0 Å². The van der Waals surface area contributed by atoms with Gasteiger partial charge in [-0.05, 0) is 36.8 Å². The Hall–Kier alpha value is -2.03. The third kappa shape index (κ3) is 2.80. The van der Waals surface area contributed by atoms with E-state index in [1.54, 1.807) is 19.2 Å². The number of hydrogen-bond acceptors (Lipinski definition) is 2. The number of halogens is 1. The normalized spacial score (nSPS) is 11.9. The Labute approximate surface area is 106 Å². The Morgan fingerprint density at radius 2 is 1.89 bits per heavy atom. The van der Waals surface area contributed by atoms with Crippen molar-refractivity contribution in [3.05, 3.63) is 59.9 Å². The number of ether oxygens (including phenoxy) is 1. The predicted molar refractivity (Wildman–Crippen MR) is 71.4 cm³/mol. The second kappa shape index (κ2) is 5.54. The van der Waals surface area contributed by atoms with Crippen LogP contribution in [0.3, 0.4) is 0 Å². The maximum atomic E-state index is 13.5. The molecule has 1 atom stereocenters. The van der Waals surface area contributed by atoms with Gasteiger partial charge >= 0.3 is 0 Å². The molecule has 2 aromatic rings. The Kier molecular flexibility index (Phi) is 3.82. The lowest BCUT2D eigenvalue weighted by Crippen LogP contribution is -2.07. The molecule has 3 heteroatoms. The largest absolute Gasteiger partial charge is 0.497 e. The lowest BCUT2D eigenvalue weighted by molar-refractivity contribution is 0.414. The van der Waals surface area contributed by atoms with Crippen LogP contribution in [0.4, 0.5) is 10.1 Å². The highest BCUT2D eigenvalue weighted by atomic mass is 19.1. The van der Waals surface area contributed by atoms with E-state index in [-0.39, 0.29) is 11.9 Å². The van der Waals surface area contributed by atoms with E-state index in [0.29, 0.717) is 5.69 Å². The average Bonchev–Trinajstić information content (AvgIpc) is 2.41. The Morgan fingerprint density at radius 1 is 1.11 bits per heavy atom. The van der Waals surface area contributed by atoms with E-state index < -0.39 is 0 Å². The summed E-state index contributed by atoms with van der Waals surface area (Å²) >= 11 is 0. The molecular weight excluding hydrogens is 229 g/mol. The van der Waals surface area contributed by atoms with Gasteiger partial charge in [0.25, 0.3) is 0 Å². The molecule has 2 aromatic carbocycles. The summed E-state index contributed by atoms with van der Waals surface area (Å²) in [5.41, 5.74) is 1.56. The number of nitrogens with one attached hydrogen (secondary N) is 1. The van der Waals surface area contributed by atoms with Crippen LogP contribution >= 0.6 is 0 Å². The highest BCUT2D eigenvalue weighted by Gasteiger charge is 2.08. The number of para-hydroxylation sites is 1. The lowest BCUT2D eigenvalue weighted by Gasteiger charge is -2.16. The molecule has 0 saturated carbocycles. The Morgan fingerprint density at radius 3 is 2.61 bits per heavy atom. The number of rotatable bonds is 4. The molecule has 1 N–H and O–H groups in total. The van der Waals surface area contributed by atoms with Gasteiger partial charge in [0.2, 0.25) is 0 Å². The molecule has 0 aromatic heterocycles. The Bertz CT molecular complexity index is 527. The molecule has 0 aliphatic rings. The minimum absolute atomic E-state index is 0.0111. The SMILES string of the molecule is COc1cccc(C(C)Nc2ccccc2F)c1. The highest BCUT2D eigenvalue weighted by Crippen LogP contribution is 2.23. The molecular formula is C15H16FNO. The summed E-state index contributed by atoms with van der Waals surface area (Å²) in [4.78, 5) is 0. The maximum Gasteiger partial charge on any atom is 0.146 e. The molecule has 0 spiro atoms. The molecule has 0 fully saturated rings. The average molecular weight is 245 g/mol. The summed E-state index contributed by atoms with van der Waals surface area (Å²) in [5.74, 6) is 0.557. The molecule has 2 nitrogen and oxygen atoms in total. The first kappa shape index (κ1) is 12.4. The van der Waals surface area contributed by atoms with E-state index in [1.807, 2.05) is 37.3 Å². The Balaban J connectivity index is 2.16. The third-order valence-electron chi connectivity index (χ3n) is 2.84. The first-order chi connectivity index (χ1) is 8.70. The van der Waals surface area contributed by atoms with E-state index in [4.69, 9.17) is 4.74 Å². The van der Waals surface area contributed by atoms with E-state index in [0.717, 1.165) is 11.3 Å². The van der Waals surface area contributed by atoms with Crippen molar-refractivity contribution in [2.24, 2.45) is 0 Å². The fraction of sp³-hybridized carbons (Fsp3) is 0.200. The van der Waals surface area contributed by atoms with Crippen molar-refractivity contribution in [1.29, 1.82) is 0 Å². The van der Waals surface area contributed by atoms with Gasteiger partial charge in [-0.3, -0.25) is 0 Å². The fourth-order valence-corrected chi connectivity index (χ4v) is 1.81. The van der Waals surface area contributed by atoms with Crippen LogP contribution in [0.2, 0.25) is 0 Å². The van der Waals surface area contributed by atoms with Gasteiger partial charge in [-0.25, -0.2) is 4.39 Å². The van der Waals surface area contributed by atoms with E-state index in [9.17, 15) is 4.39 Å². The van der Waals surface area contributed by atoms with Crippen LogP contribution in [0.5, 0.6) is 5.75 Å². The molecule has 0 amide bonds. The zero-order chi connectivity index (χ0) is 13.0. The van der Waals surface area contributed by atoms with Crippen molar-refractivity contribution in [2.45, 2.75) is 13.0 Å².